The Balaban J connectivity index is 1.72. The number of nitrogens with zero attached hydrogens (tertiary/aromatic N) is 4. The van der Waals surface area contributed by atoms with Crippen molar-refractivity contribution in [2.45, 2.75) is 25.4 Å². The average Bonchev–Trinajstić information content (AvgIpc) is 3.23. The molecule has 4 nitrogen and oxygen atoms in total. The molecule has 164 valence electrons. The molecule has 1 aliphatic heterocycles. The summed E-state index contributed by atoms with van der Waals surface area (Å²) in [6.45, 7) is 1.87. The van der Waals surface area contributed by atoms with E-state index in [-0.39, 0.29) is 0 Å². The number of aromatic nitrogens is 3. The van der Waals surface area contributed by atoms with E-state index in [2.05, 4.69) is 10.00 Å². The fraction of sp³-hybridized carbons (Fsp3) is 0.250. The summed E-state index contributed by atoms with van der Waals surface area (Å²) in [4.78, 5) is 6.97. The Morgan fingerprint density at radius 1 is 0.844 bits per heavy atom. The van der Waals surface area contributed by atoms with E-state index in [1.807, 2.05) is 18.2 Å². The number of fused-ring (bicyclic) bond motifs is 1. The van der Waals surface area contributed by atoms with Crippen molar-refractivity contribution in [1.82, 2.24) is 14.6 Å². The van der Waals surface area contributed by atoms with Crippen LogP contribution in [0.15, 0.2) is 60.9 Å². The zero-order valence-electron chi connectivity index (χ0n) is 17.1. The van der Waals surface area contributed by atoms with Gasteiger partial charge in [0.15, 0.2) is 5.65 Å². The van der Waals surface area contributed by atoms with Crippen molar-refractivity contribution in [2.24, 2.45) is 0 Å². The van der Waals surface area contributed by atoms with E-state index in [1.165, 1.54) is 18.6 Å². The lowest BCUT2D eigenvalue weighted by Crippen LogP contribution is -2.29. The molecular weight excluding hydrogens is 437 g/mol. The zero-order chi connectivity index (χ0) is 22.3. The van der Waals surface area contributed by atoms with Gasteiger partial charge >= 0.3 is 6.18 Å². The topological polar surface area (TPSA) is 33.4 Å². The van der Waals surface area contributed by atoms with Crippen molar-refractivity contribution in [3.8, 4) is 22.4 Å². The van der Waals surface area contributed by atoms with E-state index < -0.39 is 11.7 Å². The van der Waals surface area contributed by atoms with Crippen LogP contribution >= 0.6 is 11.6 Å². The fourth-order valence-electron chi connectivity index (χ4n) is 4.25. The standard InChI is InChI=1S/C24H20ClF3N4/c25-20-7-3-2-6-18(20)19-14-29-23-21(31-12-4-1-5-13-31)15-30-32(23)22(19)16-8-10-17(11-9-16)24(26,27)28/h2-3,6-11,14-15H,1,4-5,12-13H2. The maximum absolute atomic E-state index is 13.1. The first-order valence-corrected chi connectivity index (χ1v) is 10.9. The molecule has 0 N–H and O–H groups in total. The SMILES string of the molecule is FC(F)(F)c1ccc(-c2c(-c3ccccc3Cl)cnc3c(N4CCCCC4)cnn23)cc1. The van der Waals surface area contributed by atoms with Gasteiger partial charge in [-0.25, -0.2) is 9.50 Å². The second-order valence-corrected chi connectivity index (χ2v) is 8.30. The molecule has 1 aliphatic rings. The molecule has 0 amide bonds. The van der Waals surface area contributed by atoms with E-state index in [0.717, 1.165) is 49.3 Å². The van der Waals surface area contributed by atoms with Crippen LogP contribution in [0.25, 0.3) is 28.0 Å². The largest absolute Gasteiger partial charge is 0.416 e. The maximum atomic E-state index is 13.1. The molecule has 1 saturated heterocycles. The lowest BCUT2D eigenvalue weighted by Gasteiger charge is -2.27. The van der Waals surface area contributed by atoms with Gasteiger partial charge in [0, 0.05) is 41.0 Å². The highest BCUT2D eigenvalue weighted by Crippen LogP contribution is 2.38. The first-order chi connectivity index (χ1) is 15.4. The third kappa shape index (κ3) is 3.71. The summed E-state index contributed by atoms with van der Waals surface area (Å²) in [6.07, 6.45) is 2.55. The second kappa shape index (κ2) is 8.13. The smallest absolute Gasteiger partial charge is 0.367 e. The molecule has 2 aromatic heterocycles. The Kier molecular flexibility index (Phi) is 5.29. The number of benzene rings is 2. The summed E-state index contributed by atoms with van der Waals surface area (Å²) < 4.78 is 41.1. The van der Waals surface area contributed by atoms with Gasteiger partial charge in [-0.1, -0.05) is 41.9 Å². The minimum absolute atomic E-state index is 0.533. The van der Waals surface area contributed by atoms with Gasteiger partial charge in [0.25, 0.3) is 0 Å². The van der Waals surface area contributed by atoms with Gasteiger partial charge in [-0.2, -0.15) is 18.3 Å². The summed E-state index contributed by atoms with van der Waals surface area (Å²) in [5, 5.41) is 5.14. The van der Waals surface area contributed by atoms with Gasteiger partial charge in [-0.05, 0) is 37.5 Å². The highest BCUT2D eigenvalue weighted by Gasteiger charge is 2.30. The lowest BCUT2D eigenvalue weighted by molar-refractivity contribution is -0.137. The molecule has 0 spiro atoms. The van der Waals surface area contributed by atoms with Gasteiger partial charge < -0.3 is 4.90 Å². The highest BCUT2D eigenvalue weighted by atomic mass is 35.5. The summed E-state index contributed by atoms with van der Waals surface area (Å²) in [6, 6.07) is 12.5. The van der Waals surface area contributed by atoms with E-state index in [4.69, 9.17) is 16.6 Å². The predicted molar refractivity (Wildman–Crippen MR) is 120 cm³/mol. The van der Waals surface area contributed by atoms with E-state index in [1.54, 1.807) is 23.0 Å². The van der Waals surface area contributed by atoms with Gasteiger partial charge in [0.1, 0.15) is 5.69 Å². The first kappa shape index (κ1) is 20.8. The van der Waals surface area contributed by atoms with Crippen molar-refractivity contribution >= 4 is 22.9 Å². The van der Waals surface area contributed by atoms with Crippen molar-refractivity contribution in [2.75, 3.05) is 18.0 Å². The molecule has 0 aliphatic carbocycles. The molecule has 0 saturated carbocycles. The molecule has 3 heterocycles. The molecule has 0 atom stereocenters. The molecule has 0 radical (unpaired) electrons. The normalized spacial score (nSPS) is 14.8. The Bertz CT molecular complexity index is 1260. The van der Waals surface area contributed by atoms with Crippen molar-refractivity contribution in [1.29, 1.82) is 0 Å². The molecule has 0 bridgehead atoms. The molecule has 5 rings (SSSR count). The Morgan fingerprint density at radius 2 is 1.56 bits per heavy atom. The number of piperidine rings is 1. The van der Waals surface area contributed by atoms with E-state index >= 15 is 0 Å². The summed E-state index contributed by atoms with van der Waals surface area (Å²) in [5.41, 5.74) is 3.62. The molecule has 4 aromatic rings. The highest BCUT2D eigenvalue weighted by molar-refractivity contribution is 6.33. The Morgan fingerprint density at radius 3 is 2.25 bits per heavy atom. The van der Waals surface area contributed by atoms with Gasteiger partial charge in [-0.15, -0.1) is 0 Å². The minimum Gasteiger partial charge on any atom is -0.367 e. The van der Waals surface area contributed by atoms with Crippen LogP contribution < -0.4 is 4.90 Å². The van der Waals surface area contributed by atoms with Crippen molar-refractivity contribution < 1.29 is 13.2 Å². The average molecular weight is 457 g/mol. The monoisotopic (exact) mass is 456 g/mol. The van der Waals surface area contributed by atoms with Crippen LogP contribution in [0.5, 0.6) is 0 Å². The maximum Gasteiger partial charge on any atom is 0.416 e. The van der Waals surface area contributed by atoms with Crippen LogP contribution in [0.1, 0.15) is 24.8 Å². The minimum atomic E-state index is -4.40. The van der Waals surface area contributed by atoms with Gasteiger partial charge in [0.05, 0.1) is 17.5 Å². The van der Waals surface area contributed by atoms with Gasteiger partial charge in [0.2, 0.25) is 0 Å². The third-order valence-electron chi connectivity index (χ3n) is 5.85. The summed E-state index contributed by atoms with van der Waals surface area (Å²) in [7, 11) is 0. The number of rotatable bonds is 3. The number of hydrogen-bond acceptors (Lipinski definition) is 3. The Hall–Kier alpha value is -3.06. The van der Waals surface area contributed by atoms with Crippen LogP contribution in [0.4, 0.5) is 18.9 Å². The van der Waals surface area contributed by atoms with Crippen LogP contribution in [0.2, 0.25) is 5.02 Å². The van der Waals surface area contributed by atoms with Crippen LogP contribution in [0.3, 0.4) is 0 Å². The lowest BCUT2D eigenvalue weighted by atomic mass is 9.99. The first-order valence-electron chi connectivity index (χ1n) is 10.5. The quantitative estimate of drug-likeness (QED) is 0.343. The van der Waals surface area contributed by atoms with Crippen LogP contribution in [0, 0.1) is 0 Å². The van der Waals surface area contributed by atoms with E-state index in [9.17, 15) is 13.2 Å². The number of anilines is 1. The van der Waals surface area contributed by atoms with Gasteiger partial charge in [-0.3, -0.25) is 0 Å². The molecular formula is C24H20ClF3N4. The van der Waals surface area contributed by atoms with Crippen LogP contribution in [-0.2, 0) is 6.18 Å². The second-order valence-electron chi connectivity index (χ2n) is 7.89. The molecule has 8 heteroatoms. The Labute approximate surface area is 188 Å². The zero-order valence-corrected chi connectivity index (χ0v) is 17.9. The van der Waals surface area contributed by atoms with Crippen molar-refractivity contribution in [3.05, 3.63) is 71.5 Å². The number of alkyl halides is 3. The molecule has 1 fully saturated rings. The van der Waals surface area contributed by atoms with Crippen LogP contribution in [-0.4, -0.2) is 27.7 Å². The number of halogens is 4. The fourth-order valence-corrected chi connectivity index (χ4v) is 4.49. The predicted octanol–water partition coefficient (Wildman–Crippen LogP) is 6.73. The summed E-state index contributed by atoms with van der Waals surface area (Å²) >= 11 is 6.47. The molecule has 2 aromatic carbocycles. The van der Waals surface area contributed by atoms with E-state index in [0.29, 0.717) is 27.5 Å². The third-order valence-corrected chi connectivity index (χ3v) is 6.18. The molecule has 0 unspecified atom stereocenters. The molecule has 32 heavy (non-hydrogen) atoms. The number of hydrogen-bond donors (Lipinski definition) is 0. The van der Waals surface area contributed by atoms with Crippen molar-refractivity contribution in [3.63, 3.8) is 0 Å². The summed E-state index contributed by atoms with van der Waals surface area (Å²) in [5.74, 6) is 0.